The number of rotatable bonds is 6. The molecule has 0 aliphatic carbocycles. The molecule has 8 nitrogen and oxygen atoms in total. The number of hydrogen-bond acceptors (Lipinski definition) is 5. The molecule has 122 valence electrons. The van der Waals surface area contributed by atoms with E-state index in [9.17, 15) is 19.5 Å². The Morgan fingerprint density at radius 3 is 2.82 bits per heavy atom. The Labute approximate surface area is 128 Å². The molecule has 3 unspecified atom stereocenters. The van der Waals surface area contributed by atoms with E-state index in [-0.39, 0.29) is 0 Å². The standard InChI is InChI=1S/C14H21N3O5/c1-2-3-6-17-14(22)11(13(21)15-8-10(18)19)12(20)9-5-4-7-16(9)17/h4-5,9,11-12,20H,2-3,6-8H2,1H3,(H,15,21)(H,18,19). The number of unbranched alkanes of at least 4 members (excludes halogenated alkanes) is 1. The molecule has 22 heavy (non-hydrogen) atoms. The van der Waals surface area contributed by atoms with Crippen LogP contribution >= 0.6 is 0 Å². The van der Waals surface area contributed by atoms with Crippen LogP contribution in [0.5, 0.6) is 0 Å². The maximum Gasteiger partial charge on any atom is 0.322 e. The molecule has 0 spiro atoms. The Balaban J connectivity index is 2.16. The molecule has 2 heterocycles. The topological polar surface area (TPSA) is 110 Å². The van der Waals surface area contributed by atoms with Gasteiger partial charge in [-0.2, -0.15) is 0 Å². The van der Waals surface area contributed by atoms with Gasteiger partial charge in [0.1, 0.15) is 12.5 Å². The maximum absolute atomic E-state index is 12.6. The average molecular weight is 311 g/mol. The van der Waals surface area contributed by atoms with Crippen LogP contribution in [0, 0.1) is 5.92 Å². The first-order chi connectivity index (χ1) is 10.5. The zero-order valence-corrected chi connectivity index (χ0v) is 12.4. The minimum atomic E-state index is -1.28. The first kappa shape index (κ1) is 16.4. The third kappa shape index (κ3) is 3.12. The average Bonchev–Trinajstić information content (AvgIpc) is 2.94. The van der Waals surface area contributed by atoms with E-state index in [2.05, 4.69) is 5.32 Å². The second kappa shape index (κ2) is 6.89. The zero-order chi connectivity index (χ0) is 16.3. The van der Waals surface area contributed by atoms with E-state index in [1.54, 1.807) is 11.1 Å². The highest BCUT2D eigenvalue weighted by Gasteiger charge is 2.49. The molecule has 3 N–H and O–H groups in total. The monoisotopic (exact) mass is 311 g/mol. The fraction of sp³-hybridized carbons (Fsp3) is 0.643. The summed E-state index contributed by atoms with van der Waals surface area (Å²) >= 11 is 0. The van der Waals surface area contributed by atoms with Gasteiger partial charge >= 0.3 is 5.97 Å². The van der Waals surface area contributed by atoms with E-state index in [0.717, 1.165) is 12.8 Å². The van der Waals surface area contributed by atoms with Gasteiger partial charge in [0.15, 0.2) is 0 Å². The first-order valence-corrected chi connectivity index (χ1v) is 7.39. The Morgan fingerprint density at radius 1 is 1.45 bits per heavy atom. The lowest BCUT2D eigenvalue weighted by Crippen LogP contribution is -2.65. The van der Waals surface area contributed by atoms with Crippen molar-refractivity contribution in [1.82, 2.24) is 15.3 Å². The van der Waals surface area contributed by atoms with Crippen molar-refractivity contribution in [3.8, 4) is 0 Å². The number of carbonyl (C=O) groups is 3. The number of aliphatic hydroxyl groups excluding tert-OH is 1. The Morgan fingerprint density at radius 2 is 2.18 bits per heavy atom. The summed E-state index contributed by atoms with van der Waals surface area (Å²) in [6, 6.07) is -0.435. The number of carbonyl (C=O) groups excluding carboxylic acids is 2. The summed E-state index contributed by atoms with van der Waals surface area (Å²) in [5.41, 5.74) is 0. The zero-order valence-electron chi connectivity index (χ0n) is 12.4. The minimum Gasteiger partial charge on any atom is -0.480 e. The summed E-state index contributed by atoms with van der Waals surface area (Å²) in [6.07, 6.45) is 4.12. The van der Waals surface area contributed by atoms with Crippen LogP contribution < -0.4 is 5.32 Å². The molecule has 0 saturated carbocycles. The largest absolute Gasteiger partial charge is 0.480 e. The summed E-state index contributed by atoms with van der Waals surface area (Å²) in [5, 5.41) is 24.4. The molecule has 0 aromatic heterocycles. The smallest absolute Gasteiger partial charge is 0.322 e. The lowest BCUT2D eigenvalue weighted by molar-refractivity contribution is -0.182. The van der Waals surface area contributed by atoms with E-state index < -0.39 is 42.4 Å². The van der Waals surface area contributed by atoms with E-state index in [0.29, 0.717) is 13.1 Å². The van der Waals surface area contributed by atoms with Gasteiger partial charge in [0.25, 0.3) is 5.91 Å². The summed E-state index contributed by atoms with van der Waals surface area (Å²) in [4.78, 5) is 35.2. The highest BCUT2D eigenvalue weighted by atomic mass is 16.4. The van der Waals surface area contributed by atoms with Gasteiger partial charge in [-0.15, -0.1) is 0 Å². The minimum absolute atomic E-state index is 0.435. The van der Waals surface area contributed by atoms with Crippen LogP contribution in [0.25, 0.3) is 0 Å². The van der Waals surface area contributed by atoms with Crippen molar-refractivity contribution >= 4 is 17.8 Å². The number of hydrazine groups is 1. The van der Waals surface area contributed by atoms with Crippen molar-refractivity contribution in [2.24, 2.45) is 5.92 Å². The molecule has 2 amide bonds. The van der Waals surface area contributed by atoms with Gasteiger partial charge in [0, 0.05) is 13.1 Å². The number of carboxylic acids is 1. The molecular formula is C14H21N3O5. The number of fused-ring (bicyclic) bond motifs is 1. The predicted molar refractivity (Wildman–Crippen MR) is 76.4 cm³/mol. The second-order valence-corrected chi connectivity index (χ2v) is 5.44. The molecule has 8 heteroatoms. The van der Waals surface area contributed by atoms with E-state index >= 15 is 0 Å². The van der Waals surface area contributed by atoms with Gasteiger partial charge in [0.05, 0.1) is 12.1 Å². The van der Waals surface area contributed by atoms with Crippen LogP contribution in [0.1, 0.15) is 19.8 Å². The van der Waals surface area contributed by atoms with Crippen LogP contribution in [-0.4, -0.2) is 69.8 Å². The van der Waals surface area contributed by atoms with Gasteiger partial charge in [-0.05, 0) is 6.42 Å². The lowest BCUT2D eigenvalue weighted by Gasteiger charge is -2.45. The Kier molecular flexibility index (Phi) is 5.15. The molecule has 0 aromatic carbocycles. The van der Waals surface area contributed by atoms with Gasteiger partial charge in [-0.1, -0.05) is 25.5 Å². The Bertz CT molecular complexity index is 493. The van der Waals surface area contributed by atoms with Crippen LogP contribution in [-0.2, 0) is 14.4 Å². The number of carboxylic acid groups (broad SMARTS) is 1. The summed E-state index contributed by atoms with van der Waals surface area (Å²) in [5.74, 6) is -3.71. The van der Waals surface area contributed by atoms with E-state index in [1.165, 1.54) is 5.01 Å². The summed E-state index contributed by atoms with van der Waals surface area (Å²) < 4.78 is 0. The van der Waals surface area contributed by atoms with E-state index in [4.69, 9.17) is 5.11 Å². The molecule has 3 atom stereocenters. The van der Waals surface area contributed by atoms with Crippen molar-refractivity contribution in [3.63, 3.8) is 0 Å². The SMILES string of the molecule is CCCCN1C(=O)C(C(=O)NCC(=O)O)C(O)C2C=CCN21. The maximum atomic E-state index is 12.6. The number of nitrogens with zero attached hydrogens (tertiary/aromatic N) is 2. The number of hydrogen-bond donors (Lipinski definition) is 3. The first-order valence-electron chi connectivity index (χ1n) is 7.39. The van der Waals surface area contributed by atoms with Gasteiger partial charge < -0.3 is 15.5 Å². The summed E-state index contributed by atoms with van der Waals surface area (Å²) in [6.45, 7) is 2.41. The number of amides is 2. The predicted octanol–water partition coefficient (Wildman–Crippen LogP) is -1.04. The van der Waals surface area contributed by atoms with Crippen molar-refractivity contribution in [2.45, 2.75) is 31.9 Å². The second-order valence-electron chi connectivity index (χ2n) is 5.44. The third-order valence-corrected chi connectivity index (χ3v) is 3.91. The summed E-state index contributed by atoms with van der Waals surface area (Å²) in [7, 11) is 0. The number of nitrogens with one attached hydrogen (secondary N) is 1. The number of aliphatic hydroxyl groups is 1. The molecular weight excluding hydrogens is 290 g/mol. The van der Waals surface area contributed by atoms with E-state index in [1.807, 2.05) is 13.0 Å². The number of aliphatic carboxylic acids is 1. The highest BCUT2D eigenvalue weighted by molar-refractivity contribution is 6.02. The molecule has 0 radical (unpaired) electrons. The molecule has 2 aliphatic heterocycles. The van der Waals surface area contributed by atoms with Crippen molar-refractivity contribution in [1.29, 1.82) is 0 Å². The normalized spacial score (nSPS) is 27.8. The fourth-order valence-corrected chi connectivity index (χ4v) is 2.80. The van der Waals surface area contributed by atoms with Crippen molar-refractivity contribution < 1.29 is 24.6 Å². The van der Waals surface area contributed by atoms with Crippen LogP contribution in [0.3, 0.4) is 0 Å². The molecule has 2 aliphatic rings. The van der Waals surface area contributed by atoms with Gasteiger partial charge in [-0.3, -0.25) is 19.4 Å². The van der Waals surface area contributed by atoms with Gasteiger partial charge in [0.2, 0.25) is 5.91 Å². The molecule has 2 rings (SSSR count). The molecule has 0 aromatic rings. The lowest BCUT2D eigenvalue weighted by atomic mass is 9.91. The van der Waals surface area contributed by atoms with Crippen molar-refractivity contribution in [3.05, 3.63) is 12.2 Å². The molecule has 0 bridgehead atoms. The van der Waals surface area contributed by atoms with Crippen LogP contribution in [0.15, 0.2) is 12.2 Å². The van der Waals surface area contributed by atoms with Crippen LogP contribution in [0.4, 0.5) is 0 Å². The Hall–Kier alpha value is -1.93. The molecule has 1 saturated heterocycles. The molecule has 1 fully saturated rings. The fourth-order valence-electron chi connectivity index (χ4n) is 2.80. The third-order valence-electron chi connectivity index (χ3n) is 3.91. The highest BCUT2D eigenvalue weighted by Crippen LogP contribution is 2.29. The van der Waals surface area contributed by atoms with Gasteiger partial charge in [-0.25, -0.2) is 5.01 Å². The quantitative estimate of drug-likeness (QED) is 0.427. The van der Waals surface area contributed by atoms with Crippen molar-refractivity contribution in [2.75, 3.05) is 19.6 Å². The van der Waals surface area contributed by atoms with Crippen LogP contribution in [0.2, 0.25) is 0 Å².